The molecule has 0 amide bonds. The molecule has 1 aromatic rings. The van der Waals surface area contributed by atoms with Crippen molar-refractivity contribution in [2.24, 2.45) is 0 Å². The van der Waals surface area contributed by atoms with Gasteiger partial charge in [-0.15, -0.1) is 12.4 Å². The molecule has 94 valence electrons. The lowest BCUT2D eigenvalue weighted by molar-refractivity contribution is 0.108. The zero-order chi connectivity index (χ0) is 11.7. The first kappa shape index (κ1) is 14.5. The van der Waals surface area contributed by atoms with E-state index in [4.69, 9.17) is 11.6 Å². The first-order valence-electron chi connectivity index (χ1n) is 5.63. The maximum Gasteiger partial charge on any atom is 0.252 e. The summed E-state index contributed by atoms with van der Waals surface area (Å²) in [5.74, 6) is 0. The number of hydrogen-bond acceptors (Lipinski definition) is 2. The fourth-order valence-electron chi connectivity index (χ4n) is 2.14. The molecule has 0 radical (unpaired) electrons. The summed E-state index contributed by atoms with van der Waals surface area (Å²) in [6.45, 7) is 6.46. The molecule has 0 saturated carbocycles. The van der Waals surface area contributed by atoms with E-state index in [2.05, 4.69) is 18.7 Å². The van der Waals surface area contributed by atoms with Crippen LogP contribution in [0.15, 0.2) is 18.2 Å². The van der Waals surface area contributed by atoms with Gasteiger partial charge in [0.15, 0.2) is 0 Å². The minimum absolute atomic E-state index is 0. The van der Waals surface area contributed by atoms with Crippen LogP contribution < -0.4 is 0 Å². The first-order chi connectivity index (χ1) is 7.58. The third kappa shape index (κ3) is 3.21. The zero-order valence-electron chi connectivity index (χ0n) is 10.1. The van der Waals surface area contributed by atoms with Gasteiger partial charge in [0.05, 0.1) is 0 Å². The number of nitrogens with zero attached hydrogens (tertiary/aromatic N) is 1. The van der Waals surface area contributed by atoms with E-state index in [1.54, 1.807) is 0 Å². The molecule has 0 saturated heterocycles. The van der Waals surface area contributed by atoms with Gasteiger partial charge in [-0.1, -0.05) is 6.07 Å². The molecule has 4 heteroatoms. The van der Waals surface area contributed by atoms with Crippen LogP contribution in [0.3, 0.4) is 0 Å². The Bertz CT molecular complexity index is 418. The molecule has 0 atom stereocenters. The molecule has 0 spiro atoms. The summed E-state index contributed by atoms with van der Waals surface area (Å²) in [6, 6.07) is 6.35. The Labute approximate surface area is 113 Å². The highest BCUT2D eigenvalue weighted by Gasteiger charge is 2.18. The van der Waals surface area contributed by atoms with E-state index < -0.39 is 0 Å². The van der Waals surface area contributed by atoms with Gasteiger partial charge in [0.25, 0.3) is 5.24 Å². The standard InChI is InChI=1S/C13H16ClNO.ClH/c1-9(2)15-6-5-10-7-11(13(14)16)3-4-12(10)8-15;/h3-4,7,9H,5-6,8H2,1-2H3;1H. The molecule has 17 heavy (non-hydrogen) atoms. The molecule has 0 fully saturated rings. The molecule has 0 aromatic heterocycles. The second kappa shape index (κ2) is 5.85. The van der Waals surface area contributed by atoms with Crippen molar-refractivity contribution in [2.45, 2.75) is 32.9 Å². The quantitative estimate of drug-likeness (QED) is 0.771. The predicted octanol–water partition coefficient (Wildman–Crippen LogP) is 3.25. The highest BCUT2D eigenvalue weighted by Crippen LogP contribution is 2.22. The minimum Gasteiger partial charge on any atom is -0.296 e. The number of carbonyl (C=O) groups is 1. The highest BCUT2D eigenvalue weighted by atomic mass is 35.5. The number of fused-ring (bicyclic) bond motifs is 1. The van der Waals surface area contributed by atoms with Crippen molar-refractivity contribution in [2.75, 3.05) is 6.54 Å². The summed E-state index contributed by atoms with van der Waals surface area (Å²) in [4.78, 5) is 13.5. The molecule has 1 aliphatic rings. The molecule has 2 nitrogen and oxygen atoms in total. The average Bonchev–Trinajstić information content (AvgIpc) is 2.27. The first-order valence-corrected chi connectivity index (χ1v) is 6.01. The lowest BCUT2D eigenvalue weighted by Crippen LogP contribution is -2.35. The van der Waals surface area contributed by atoms with Gasteiger partial charge in [-0.25, -0.2) is 0 Å². The summed E-state index contributed by atoms with van der Waals surface area (Å²) in [7, 11) is 0. The van der Waals surface area contributed by atoms with E-state index in [0.717, 1.165) is 19.5 Å². The monoisotopic (exact) mass is 273 g/mol. The van der Waals surface area contributed by atoms with Crippen molar-refractivity contribution >= 4 is 29.3 Å². The number of rotatable bonds is 2. The van der Waals surface area contributed by atoms with Gasteiger partial charge in [0, 0.05) is 24.7 Å². The maximum absolute atomic E-state index is 11.1. The molecule has 0 aliphatic carbocycles. The van der Waals surface area contributed by atoms with Crippen LogP contribution in [0.5, 0.6) is 0 Å². The fourth-order valence-corrected chi connectivity index (χ4v) is 2.26. The normalized spacial score (nSPS) is 15.3. The van der Waals surface area contributed by atoms with Crippen LogP contribution in [0.1, 0.15) is 35.3 Å². The predicted molar refractivity (Wildman–Crippen MR) is 73.1 cm³/mol. The average molecular weight is 274 g/mol. The van der Waals surface area contributed by atoms with Crippen LogP contribution in [0.4, 0.5) is 0 Å². The van der Waals surface area contributed by atoms with E-state index >= 15 is 0 Å². The molecular formula is C13H17Cl2NO. The van der Waals surface area contributed by atoms with Gasteiger partial charge in [-0.05, 0) is 55.1 Å². The lowest BCUT2D eigenvalue weighted by atomic mass is 9.97. The van der Waals surface area contributed by atoms with Crippen molar-refractivity contribution in [1.29, 1.82) is 0 Å². The van der Waals surface area contributed by atoms with Gasteiger partial charge in [0.2, 0.25) is 0 Å². The Hall–Kier alpha value is -0.570. The van der Waals surface area contributed by atoms with E-state index in [-0.39, 0.29) is 17.6 Å². The van der Waals surface area contributed by atoms with Crippen LogP contribution in [0, 0.1) is 0 Å². The van der Waals surface area contributed by atoms with Crippen molar-refractivity contribution in [3.8, 4) is 0 Å². The molecule has 1 heterocycles. The van der Waals surface area contributed by atoms with E-state index in [0.29, 0.717) is 11.6 Å². The molecular weight excluding hydrogens is 257 g/mol. The summed E-state index contributed by atoms with van der Waals surface area (Å²) < 4.78 is 0. The summed E-state index contributed by atoms with van der Waals surface area (Å²) >= 11 is 5.48. The second-order valence-corrected chi connectivity index (χ2v) is 4.91. The van der Waals surface area contributed by atoms with Gasteiger partial charge in [-0.2, -0.15) is 0 Å². The van der Waals surface area contributed by atoms with E-state index in [9.17, 15) is 4.79 Å². The summed E-state index contributed by atoms with van der Waals surface area (Å²) in [5.41, 5.74) is 3.20. The Morgan fingerprint density at radius 1 is 1.35 bits per heavy atom. The van der Waals surface area contributed by atoms with Crippen molar-refractivity contribution in [1.82, 2.24) is 4.90 Å². The Morgan fingerprint density at radius 3 is 2.65 bits per heavy atom. The Balaban J connectivity index is 0.00000144. The van der Waals surface area contributed by atoms with Crippen LogP contribution in [-0.2, 0) is 13.0 Å². The number of halogens is 2. The highest BCUT2D eigenvalue weighted by molar-refractivity contribution is 6.67. The number of carbonyl (C=O) groups excluding carboxylic acids is 1. The molecule has 0 bridgehead atoms. The van der Waals surface area contributed by atoms with Crippen LogP contribution in [0.25, 0.3) is 0 Å². The summed E-state index contributed by atoms with van der Waals surface area (Å²) in [6.07, 6.45) is 1.01. The Morgan fingerprint density at radius 2 is 2.06 bits per heavy atom. The van der Waals surface area contributed by atoms with Crippen LogP contribution >= 0.6 is 24.0 Å². The molecule has 0 N–H and O–H groups in total. The topological polar surface area (TPSA) is 20.3 Å². The molecule has 2 rings (SSSR count). The van der Waals surface area contributed by atoms with E-state index in [1.807, 2.05) is 18.2 Å². The van der Waals surface area contributed by atoms with Gasteiger partial charge < -0.3 is 0 Å². The smallest absolute Gasteiger partial charge is 0.252 e. The summed E-state index contributed by atoms with van der Waals surface area (Å²) in [5, 5.41) is -0.367. The lowest BCUT2D eigenvalue weighted by Gasteiger charge is -2.32. The van der Waals surface area contributed by atoms with Crippen LogP contribution in [-0.4, -0.2) is 22.7 Å². The SMILES string of the molecule is CC(C)N1CCc2cc(C(=O)Cl)ccc2C1.Cl. The number of benzene rings is 1. The van der Waals surface area contributed by atoms with Gasteiger partial charge in [-0.3, -0.25) is 9.69 Å². The van der Waals surface area contributed by atoms with Gasteiger partial charge in [0.1, 0.15) is 0 Å². The molecule has 1 aliphatic heterocycles. The second-order valence-electron chi connectivity index (χ2n) is 4.57. The van der Waals surface area contributed by atoms with Crippen molar-refractivity contribution in [3.63, 3.8) is 0 Å². The Kier molecular flexibility index (Phi) is 4.99. The van der Waals surface area contributed by atoms with Crippen molar-refractivity contribution in [3.05, 3.63) is 34.9 Å². The maximum atomic E-state index is 11.1. The van der Waals surface area contributed by atoms with E-state index in [1.165, 1.54) is 11.1 Å². The minimum atomic E-state index is -0.367. The number of hydrogen-bond donors (Lipinski definition) is 0. The third-order valence-electron chi connectivity index (χ3n) is 3.21. The van der Waals surface area contributed by atoms with Gasteiger partial charge >= 0.3 is 0 Å². The zero-order valence-corrected chi connectivity index (χ0v) is 11.6. The van der Waals surface area contributed by atoms with Crippen LogP contribution in [0.2, 0.25) is 0 Å². The molecule has 0 unspecified atom stereocenters. The molecule has 1 aromatic carbocycles. The van der Waals surface area contributed by atoms with Crippen molar-refractivity contribution < 1.29 is 4.79 Å². The largest absolute Gasteiger partial charge is 0.296 e. The third-order valence-corrected chi connectivity index (χ3v) is 3.42. The fraction of sp³-hybridized carbons (Fsp3) is 0.462.